The number of nitrogens with zero attached hydrogens (tertiary/aromatic N) is 2. The van der Waals surface area contributed by atoms with Crippen LogP contribution in [0.25, 0.3) is 5.69 Å². The highest BCUT2D eigenvalue weighted by Gasteiger charge is 2.29. The van der Waals surface area contributed by atoms with E-state index in [0.29, 0.717) is 10.7 Å². The van der Waals surface area contributed by atoms with Crippen molar-refractivity contribution >= 4 is 17.5 Å². The van der Waals surface area contributed by atoms with Crippen molar-refractivity contribution in [2.75, 3.05) is 13.1 Å². The Bertz CT molecular complexity index is 713. The molecule has 5 nitrogen and oxygen atoms in total. The molecule has 0 unspecified atom stereocenters. The van der Waals surface area contributed by atoms with Gasteiger partial charge in [0.1, 0.15) is 0 Å². The summed E-state index contributed by atoms with van der Waals surface area (Å²) in [6, 6.07) is 6.96. The van der Waals surface area contributed by atoms with Crippen LogP contribution in [0.1, 0.15) is 35.8 Å². The molecule has 0 spiro atoms. The molecule has 3 N–H and O–H groups in total. The van der Waals surface area contributed by atoms with Crippen molar-refractivity contribution in [3.63, 3.8) is 0 Å². The van der Waals surface area contributed by atoms with Crippen molar-refractivity contribution in [1.29, 1.82) is 0 Å². The summed E-state index contributed by atoms with van der Waals surface area (Å²) in [5.74, 6) is -3.79. The summed E-state index contributed by atoms with van der Waals surface area (Å²) in [6.07, 6.45) is 1.37. The zero-order valence-electron chi connectivity index (χ0n) is 13.4. The molecular weight excluding hydrogens is 338 g/mol. The third-order valence-corrected chi connectivity index (χ3v) is 3.73. The van der Waals surface area contributed by atoms with Gasteiger partial charge in [-0.25, -0.2) is 13.5 Å². The van der Waals surface area contributed by atoms with Crippen LogP contribution in [-0.4, -0.2) is 34.7 Å². The van der Waals surface area contributed by atoms with E-state index in [9.17, 15) is 13.6 Å². The van der Waals surface area contributed by atoms with E-state index in [4.69, 9.17) is 17.3 Å². The molecule has 0 radical (unpaired) electrons. The second-order valence-corrected chi connectivity index (χ2v) is 6.17. The fourth-order valence-electron chi connectivity index (χ4n) is 2.25. The van der Waals surface area contributed by atoms with E-state index in [-0.39, 0.29) is 11.5 Å². The molecule has 1 amide bonds. The van der Waals surface area contributed by atoms with Crippen LogP contribution in [0.15, 0.2) is 30.5 Å². The predicted octanol–water partition coefficient (Wildman–Crippen LogP) is 2.97. The Kier molecular flexibility index (Phi) is 5.56. The van der Waals surface area contributed by atoms with Gasteiger partial charge >= 0.3 is 0 Å². The Morgan fingerprint density at radius 1 is 1.38 bits per heavy atom. The number of hydrogen-bond acceptors (Lipinski definition) is 3. The maximum Gasteiger partial charge on any atom is 0.277 e. The minimum Gasteiger partial charge on any atom is -0.346 e. The summed E-state index contributed by atoms with van der Waals surface area (Å²) in [7, 11) is 0. The second kappa shape index (κ2) is 7.27. The largest absolute Gasteiger partial charge is 0.346 e. The summed E-state index contributed by atoms with van der Waals surface area (Å²) in [4.78, 5) is 12.3. The lowest BCUT2D eigenvalue weighted by Crippen LogP contribution is -2.41. The molecule has 1 heterocycles. The Hall–Kier alpha value is -1.99. The topological polar surface area (TPSA) is 72.9 Å². The second-order valence-electron chi connectivity index (χ2n) is 5.73. The van der Waals surface area contributed by atoms with Crippen LogP contribution in [0.2, 0.25) is 5.02 Å². The minimum absolute atomic E-state index is 0.0426. The first-order valence-electron chi connectivity index (χ1n) is 7.45. The molecule has 8 heteroatoms. The molecule has 0 fully saturated rings. The maximum atomic E-state index is 13.2. The standard InChI is InChI=1S/C16H19ClF2N4O/c1-10(2)14-13(15(24)21-9-16(18,19)8-20)7-22-23(14)12-5-3-11(17)4-6-12/h3-7,10H,8-9,20H2,1-2H3,(H,21,24). The summed E-state index contributed by atoms with van der Waals surface area (Å²) >= 11 is 5.88. The molecule has 0 bridgehead atoms. The normalized spacial score (nSPS) is 11.8. The Morgan fingerprint density at radius 3 is 2.54 bits per heavy atom. The van der Waals surface area contributed by atoms with E-state index in [0.717, 1.165) is 5.69 Å². The molecule has 2 aromatic rings. The van der Waals surface area contributed by atoms with E-state index < -0.39 is 24.9 Å². The van der Waals surface area contributed by atoms with Crippen LogP contribution >= 0.6 is 11.6 Å². The summed E-state index contributed by atoms with van der Waals surface area (Å²) in [6.45, 7) is 2.16. The molecular formula is C16H19ClF2N4O. The SMILES string of the molecule is CC(C)c1c(C(=O)NCC(F)(F)CN)cnn1-c1ccc(Cl)cc1. The quantitative estimate of drug-likeness (QED) is 0.835. The van der Waals surface area contributed by atoms with Gasteiger partial charge in [0.25, 0.3) is 11.8 Å². The number of rotatable bonds is 6. The molecule has 0 aliphatic heterocycles. The molecule has 0 saturated carbocycles. The van der Waals surface area contributed by atoms with Crippen molar-refractivity contribution in [3.05, 3.63) is 46.7 Å². The minimum atomic E-state index is -3.14. The Balaban J connectivity index is 2.31. The van der Waals surface area contributed by atoms with Gasteiger partial charge in [-0.05, 0) is 30.2 Å². The van der Waals surface area contributed by atoms with Gasteiger partial charge in [-0.15, -0.1) is 0 Å². The van der Waals surface area contributed by atoms with Crippen LogP contribution in [0.5, 0.6) is 0 Å². The first kappa shape index (κ1) is 18.4. The number of carbonyl (C=O) groups excluding carboxylic acids is 1. The highest BCUT2D eigenvalue weighted by Crippen LogP contribution is 2.24. The van der Waals surface area contributed by atoms with Crippen molar-refractivity contribution in [1.82, 2.24) is 15.1 Å². The fraction of sp³-hybridized carbons (Fsp3) is 0.375. The van der Waals surface area contributed by atoms with Crippen molar-refractivity contribution < 1.29 is 13.6 Å². The number of nitrogens with two attached hydrogens (primary N) is 1. The molecule has 0 saturated heterocycles. The molecule has 0 atom stereocenters. The van der Waals surface area contributed by atoms with Gasteiger partial charge in [-0.2, -0.15) is 5.10 Å². The Morgan fingerprint density at radius 2 is 2.00 bits per heavy atom. The van der Waals surface area contributed by atoms with Gasteiger partial charge < -0.3 is 11.1 Å². The van der Waals surface area contributed by atoms with Gasteiger partial charge in [-0.3, -0.25) is 4.79 Å². The number of hydrogen-bond donors (Lipinski definition) is 2. The van der Waals surface area contributed by atoms with E-state index >= 15 is 0 Å². The van der Waals surface area contributed by atoms with Crippen LogP contribution in [0.3, 0.4) is 0 Å². The molecule has 0 aliphatic rings. The molecule has 0 aliphatic carbocycles. The van der Waals surface area contributed by atoms with E-state index in [1.807, 2.05) is 13.8 Å². The zero-order chi connectivity index (χ0) is 17.9. The maximum absolute atomic E-state index is 13.2. The Labute approximate surface area is 143 Å². The zero-order valence-corrected chi connectivity index (χ0v) is 14.1. The first-order chi connectivity index (χ1) is 11.2. The molecule has 1 aromatic carbocycles. The predicted molar refractivity (Wildman–Crippen MR) is 89.0 cm³/mol. The average Bonchev–Trinajstić information content (AvgIpc) is 2.98. The van der Waals surface area contributed by atoms with Crippen LogP contribution < -0.4 is 11.1 Å². The molecule has 2 rings (SSSR count). The molecule has 1 aromatic heterocycles. The highest BCUT2D eigenvalue weighted by molar-refractivity contribution is 6.30. The summed E-state index contributed by atoms with van der Waals surface area (Å²) in [5.41, 5.74) is 6.59. The van der Waals surface area contributed by atoms with E-state index in [1.165, 1.54) is 6.20 Å². The number of halogens is 3. The lowest BCUT2D eigenvalue weighted by atomic mass is 10.0. The number of amides is 1. The third-order valence-electron chi connectivity index (χ3n) is 3.48. The number of alkyl halides is 2. The van der Waals surface area contributed by atoms with Crippen LogP contribution in [0.4, 0.5) is 8.78 Å². The summed E-state index contributed by atoms with van der Waals surface area (Å²) < 4.78 is 28.1. The smallest absolute Gasteiger partial charge is 0.277 e. The van der Waals surface area contributed by atoms with Crippen molar-refractivity contribution in [3.8, 4) is 5.69 Å². The first-order valence-corrected chi connectivity index (χ1v) is 7.83. The number of carbonyl (C=O) groups is 1. The lowest BCUT2D eigenvalue weighted by Gasteiger charge is -2.16. The molecule has 24 heavy (non-hydrogen) atoms. The summed E-state index contributed by atoms with van der Waals surface area (Å²) in [5, 5.41) is 7.02. The highest BCUT2D eigenvalue weighted by atomic mass is 35.5. The van der Waals surface area contributed by atoms with E-state index in [1.54, 1.807) is 28.9 Å². The number of benzene rings is 1. The monoisotopic (exact) mass is 356 g/mol. The van der Waals surface area contributed by atoms with Gasteiger partial charge in [0.05, 0.1) is 36.2 Å². The van der Waals surface area contributed by atoms with Crippen LogP contribution in [0, 0.1) is 0 Å². The van der Waals surface area contributed by atoms with Gasteiger partial charge in [0.15, 0.2) is 0 Å². The third kappa shape index (κ3) is 4.10. The fourth-order valence-corrected chi connectivity index (χ4v) is 2.38. The van der Waals surface area contributed by atoms with Gasteiger partial charge in [0.2, 0.25) is 0 Å². The van der Waals surface area contributed by atoms with Crippen LogP contribution in [-0.2, 0) is 0 Å². The lowest BCUT2D eigenvalue weighted by molar-refractivity contribution is 0.0118. The number of nitrogens with one attached hydrogen (secondary N) is 1. The van der Waals surface area contributed by atoms with Crippen molar-refractivity contribution in [2.45, 2.75) is 25.7 Å². The van der Waals surface area contributed by atoms with Gasteiger partial charge in [-0.1, -0.05) is 25.4 Å². The van der Waals surface area contributed by atoms with Gasteiger partial charge in [0, 0.05) is 5.02 Å². The van der Waals surface area contributed by atoms with E-state index in [2.05, 4.69) is 10.4 Å². The number of aromatic nitrogens is 2. The van der Waals surface area contributed by atoms with Crippen molar-refractivity contribution in [2.24, 2.45) is 5.73 Å². The molecule has 130 valence electrons. The average molecular weight is 357 g/mol.